The summed E-state index contributed by atoms with van der Waals surface area (Å²) in [7, 11) is 4.05. The smallest absolute Gasteiger partial charge is 0.256 e. The van der Waals surface area contributed by atoms with Crippen molar-refractivity contribution in [2.75, 3.05) is 46.9 Å². The highest BCUT2D eigenvalue weighted by atomic mass is 19.1. The molecule has 0 aliphatic carbocycles. The third-order valence-electron chi connectivity index (χ3n) is 5.34. The molecule has 24 heavy (non-hydrogen) atoms. The molecule has 1 aromatic rings. The molecule has 0 unspecified atom stereocenters. The molecule has 2 saturated heterocycles. The number of carbonyl (C=O) groups is 1. The highest BCUT2D eigenvalue weighted by molar-refractivity contribution is 5.94. The van der Waals surface area contributed by atoms with Crippen LogP contribution in [0.4, 0.5) is 8.78 Å². The molecule has 4 nitrogen and oxygen atoms in total. The average Bonchev–Trinajstić information content (AvgIpc) is 2.85. The SMILES string of the molecule is CN(C)C[C@@H]1CN(C(=O)c2ccc(F)cc2F)CC12CCOCC2. The fraction of sp³-hybridized carbons (Fsp3) is 0.611. The summed E-state index contributed by atoms with van der Waals surface area (Å²) in [4.78, 5) is 16.6. The van der Waals surface area contributed by atoms with E-state index in [2.05, 4.69) is 4.90 Å². The van der Waals surface area contributed by atoms with Gasteiger partial charge in [0.1, 0.15) is 11.6 Å². The van der Waals surface area contributed by atoms with Crippen molar-refractivity contribution < 1.29 is 18.3 Å². The molecule has 1 atom stereocenters. The van der Waals surface area contributed by atoms with E-state index in [1.54, 1.807) is 4.90 Å². The maximum Gasteiger partial charge on any atom is 0.256 e. The lowest BCUT2D eigenvalue weighted by molar-refractivity contribution is -0.00453. The third-order valence-corrected chi connectivity index (χ3v) is 5.34. The average molecular weight is 338 g/mol. The van der Waals surface area contributed by atoms with Crippen LogP contribution in [0.3, 0.4) is 0 Å². The highest BCUT2D eigenvalue weighted by Crippen LogP contribution is 2.44. The van der Waals surface area contributed by atoms with Crippen molar-refractivity contribution >= 4 is 5.91 Å². The molecule has 1 amide bonds. The fourth-order valence-corrected chi connectivity index (χ4v) is 4.06. The second-order valence-corrected chi connectivity index (χ2v) is 7.24. The molecule has 2 aliphatic heterocycles. The summed E-state index contributed by atoms with van der Waals surface area (Å²) >= 11 is 0. The van der Waals surface area contributed by atoms with Gasteiger partial charge in [-0.05, 0) is 50.4 Å². The number of benzene rings is 1. The van der Waals surface area contributed by atoms with E-state index in [1.807, 2.05) is 14.1 Å². The number of ether oxygens (including phenoxy) is 1. The van der Waals surface area contributed by atoms with Gasteiger partial charge in [0.25, 0.3) is 5.91 Å². The predicted molar refractivity (Wildman–Crippen MR) is 86.8 cm³/mol. The number of carbonyl (C=O) groups excluding carboxylic acids is 1. The maximum atomic E-state index is 14.0. The minimum Gasteiger partial charge on any atom is -0.381 e. The zero-order valence-corrected chi connectivity index (χ0v) is 14.2. The number of amides is 1. The minimum atomic E-state index is -0.794. The summed E-state index contributed by atoms with van der Waals surface area (Å²) in [6, 6.07) is 3.14. The van der Waals surface area contributed by atoms with Crippen molar-refractivity contribution in [3.05, 3.63) is 35.4 Å². The lowest BCUT2D eigenvalue weighted by atomic mass is 9.72. The van der Waals surface area contributed by atoms with Crippen molar-refractivity contribution in [2.45, 2.75) is 12.8 Å². The Morgan fingerprint density at radius 1 is 1.33 bits per heavy atom. The highest BCUT2D eigenvalue weighted by Gasteiger charge is 2.48. The van der Waals surface area contributed by atoms with Gasteiger partial charge in [0, 0.05) is 38.9 Å². The van der Waals surface area contributed by atoms with E-state index in [4.69, 9.17) is 4.74 Å². The monoisotopic (exact) mass is 338 g/mol. The molecule has 6 heteroatoms. The van der Waals surface area contributed by atoms with Crippen molar-refractivity contribution in [1.82, 2.24) is 9.80 Å². The largest absolute Gasteiger partial charge is 0.381 e. The first-order chi connectivity index (χ1) is 11.4. The Hall–Kier alpha value is -1.53. The van der Waals surface area contributed by atoms with E-state index in [0.717, 1.165) is 31.5 Å². The van der Waals surface area contributed by atoms with Gasteiger partial charge in [-0.25, -0.2) is 8.78 Å². The molecule has 0 bridgehead atoms. The second kappa shape index (κ2) is 6.76. The number of hydrogen-bond donors (Lipinski definition) is 0. The van der Waals surface area contributed by atoms with Crippen LogP contribution < -0.4 is 0 Å². The predicted octanol–water partition coefficient (Wildman–Crippen LogP) is 2.40. The van der Waals surface area contributed by atoms with Gasteiger partial charge in [0.05, 0.1) is 5.56 Å². The lowest BCUT2D eigenvalue weighted by Gasteiger charge is -2.38. The van der Waals surface area contributed by atoms with Crippen molar-refractivity contribution in [3.8, 4) is 0 Å². The molecule has 0 saturated carbocycles. The molecule has 0 radical (unpaired) electrons. The van der Waals surface area contributed by atoms with Crippen LogP contribution >= 0.6 is 0 Å². The van der Waals surface area contributed by atoms with Gasteiger partial charge in [-0.1, -0.05) is 0 Å². The molecule has 3 rings (SSSR count). The van der Waals surface area contributed by atoms with Gasteiger partial charge < -0.3 is 14.5 Å². The molecule has 0 aromatic heterocycles. The number of hydrogen-bond acceptors (Lipinski definition) is 3. The first-order valence-corrected chi connectivity index (χ1v) is 8.38. The van der Waals surface area contributed by atoms with Crippen molar-refractivity contribution in [1.29, 1.82) is 0 Å². The molecule has 2 fully saturated rings. The van der Waals surface area contributed by atoms with Crippen LogP contribution in [0.1, 0.15) is 23.2 Å². The number of likely N-dealkylation sites (tertiary alicyclic amines) is 1. The topological polar surface area (TPSA) is 32.8 Å². The van der Waals surface area contributed by atoms with Gasteiger partial charge >= 0.3 is 0 Å². The first-order valence-electron chi connectivity index (χ1n) is 8.38. The van der Waals surface area contributed by atoms with Crippen LogP contribution in [0.25, 0.3) is 0 Å². The minimum absolute atomic E-state index is 0.0364. The quantitative estimate of drug-likeness (QED) is 0.848. The molecule has 132 valence electrons. The van der Waals surface area contributed by atoms with Crippen LogP contribution in [0, 0.1) is 23.0 Å². The standard InChI is InChI=1S/C18H24F2N2O2/c1-21(2)10-13-11-22(12-18(13)5-7-24-8-6-18)17(23)15-4-3-14(19)9-16(15)20/h3-4,9,13H,5-8,10-12H2,1-2H3/t13-/m1/s1. The Morgan fingerprint density at radius 3 is 2.67 bits per heavy atom. The summed E-state index contributed by atoms with van der Waals surface area (Å²) in [5.74, 6) is -1.47. The van der Waals surface area contributed by atoms with Gasteiger partial charge in [-0.15, -0.1) is 0 Å². The second-order valence-electron chi connectivity index (χ2n) is 7.24. The van der Waals surface area contributed by atoms with E-state index < -0.39 is 11.6 Å². The van der Waals surface area contributed by atoms with Crippen molar-refractivity contribution in [2.24, 2.45) is 11.3 Å². The van der Waals surface area contributed by atoms with Crippen LogP contribution in [0.2, 0.25) is 0 Å². The van der Waals surface area contributed by atoms with E-state index >= 15 is 0 Å². The summed E-state index contributed by atoms with van der Waals surface area (Å²) < 4.78 is 32.6. The summed E-state index contributed by atoms with van der Waals surface area (Å²) in [6.45, 7) is 3.52. The van der Waals surface area contributed by atoms with Crippen LogP contribution in [0.5, 0.6) is 0 Å². The first kappa shape index (κ1) is 17.3. The Kier molecular flexibility index (Phi) is 4.88. The zero-order valence-electron chi connectivity index (χ0n) is 14.2. The Morgan fingerprint density at radius 2 is 2.04 bits per heavy atom. The lowest BCUT2D eigenvalue weighted by Crippen LogP contribution is -2.40. The van der Waals surface area contributed by atoms with E-state index in [9.17, 15) is 13.6 Å². The van der Waals surface area contributed by atoms with Crippen LogP contribution in [-0.4, -0.2) is 62.7 Å². The summed E-state index contributed by atoms with van der Waals surface area (Å²) in [5.41, 5.74) is -0.0154. The van der Waals surface area contributed by atoms with E-state index in [1.165, 1.54) is 6.07 Å². The fourth-order valence-electron chi connectivity index (χ4n) is 4.06. The zero-order chi connectivity index (χ0) is 17.3. The molecular weight excluding hydrogens is 314 g/mol. The molecule has 1 aromatic carbocycles. The number of nitrogens with zero attached hydrogens (tertiary/aromatic N) is 2. The summed E-state index contributed by atoms with van der Waals surface area (Å²) in [6.07, 6.45) is 1.84. The normalized spacial score (nSPS) is 23.2. The molecular formula is C18H24F2N2O2. The van der Waals surface area contributed by atoms with Crippen LogP contribution in [0.15, 0.2) is 18.2 Å². The van der Waals surface area contributed by atoms with Gasteiger partial charge in [0.2, 0.25) is 0 Å². The Bertz CT molecular complexity index is 615. The molecule has 2 aliphatic rings. The third kappa shape index (κ3) is 3.30. The summed E-state index contributed by atoms with van der Waals surface area (Å²) in [5, 5.41) is 0. The molecule has 2 heterocycles. The molecule has 0 N–H and O–H groups in total. The Balaban J connectivity index is 1.82. The van der Waals surface area contributed by atoms with Gasteiger partial charge in [-0.2, -0.15) is 0 Å². The van der Waals surface area contributed by atoms with E-state index in [0.29, 0.717) is 32.2 Å². The van der Waals surface area contributed by atoms with Gasteiger partial charge in [0.15, 0.2) is 0 Å². The maximum absolute atomic E-state index is 14.0. The Labute approximate surface area is 141 Å². The number of halogens is 2. The van der Waals surface area contributed by atoms with E-state index in [-0.39, 0.29) is 16.9 Å². The molecule has 1 spiro atoms. The van der Waals surface area contributed by atoms with Crippen LogP contribution in [-0.2, 0) is 4.74 Å². The number of rotatable bonds is 3. The van der Waals surface area contributed by atoms with Gasteiger partial charge in [-0.3, -0.25) is 4.79 Å². The van der Waals surface area contributed by atoms with Crippen molar-refractivity contribution in [3.63, 3.8) is 0 Å².